The van der Waals surface area contributed by atoms with Gasteiger partial charge in [-0.1, -0.05) is 78.9 Å². The molecule has 0 aliphatic rings. The minimum atomic E-state index is -0.317. The van der Waals surface area contributed by atoms with E-state index in [4.69, 9.17) is 0 Å². The average Bonchev–Trinajstić information content (AvgIpc) is 2.54. The Labute approximate surface area is 146 Å². The highest BCUT2D eigenvalue weighted by atomic mass is 79.9. The summed E-state index contributed by atoms with van der Waals surface area (Å²) in [7, 11) is 0. The van der Waals surface area contributed by atoms with Crippen LogP contribution in [0.3, 0.4) is 0 Å². The molecule has 0 saturated heterocycles. The molecule has 0 aliphatic carbocycles. The van der Waals surface area contributed by atoms with Crippen molar-refractivity contribution in [1.82, 2.24) is 0 Å². The van der Waals surface area contributed by atoms with Crippen LogP contribution in [0.2, 0.25) is 0 Å². The van der Waals surface area contributed by atoms with Gasteiger partial charge in [-0.15, -0.1) is 0 Å². The van der Waals surface area contributed by atoms with E-state index in [1.807, 2.05) is 18.2 Å². The Morgan fingerprint density at radius 1 is 1.00 bits per heavy atom. The van der Waals surface area contributed by atoms with Gasteiger partial charge < -0.3 is 0 Å². The highest BCUT2D eigenvalue weighted by Gasteiger charge is 2.15. The number of hydrogen-bond acceptors (Lipinski definition) is 1. The molecule has 0 saturated carbocycles. The van der Waals surface area contributed by atoms with Gasteiger partial charge in [0.15, 0.2) is 5.78 Å². The molecule has 0 unspecified atom stereocenters. The maximum Gasteiger partial charge on any atom is 0.163 e. The molecule has 0 radical (unpaired) electrons. The average molecular weight is 377 g/mol. The van der Waals surface area contributed by atoms with E-state index < -0.39 is 0 Å². The normalized spacial score (nSPS) is 10.7. The Morgan fingerprint density at radius 2 is 1.74 bits per heavy atom. The van der Waals surface area contributed by atoms with Crippen LogP contribution in [0.4, 0.5) is 4.39 Å². The Bertz CT molecular complexity index is 666. The van der Waals surface area contributed by atoms with Crippen LogP contribution in [0.25, 0.3) is 11.1 Å². The molecule has 2 aromatic rings. The summed E-state index contributed by atoms with van der Waals surface area (Å²) in [4.78, 5) is 12.5. The fraction of sp³-hybridized carbons (Fsp3) is 0.350. The van der Waals surface area contributed by atoms with Crippen LogP contribution < -0.4 is 0 Å². The van der Waals surface area contributed by atoms with Gasteiger partial charge in [-0.25, -0.2) is 4.39 Å². The molecule has 2 rings (SSSR count). The van der Waals surface area contributed by atoms with E-state index in [9.17, 15) is 9.18 Å². The van der Waals surface area contributed by atoms with Crippen molar-refractivity contribution in [2.24, 2.45) is 0 Å². The lowest BCUT2D eigenvalue weighted by Gasteiger charge is -2.10. The van der Waals surface area contributed by atoms with Crippen LogP contribution in [0.15, 0.2) is 46.9 Å². The second-order valence-corrected chi connectivity index (χ2v) is 6.67. The number of benzene rings is 2. The minimum absolute atomic E-state index is 0.0967. The van der Waals surface area contributed by atoms with Crippen molar-refractivity contribution < 1.29 is 9.18 Å². The predicted molar refractivity (Wildman–Crippen MR) is 97.2 cm³/mol. The molecule has 0 spiro atoms. The highest BCUT2D eigenvalue weighted by molar-refractivity contribution is 9.10. The van der Waals surface area contributed by atoms with Crippen molar-refractivity contribution in [2.75, 3.05) is 0 Å². The SMILES string of the molecule is CCCCCCCC(=O)c1ccccc1-c1ccc(Br)cc1F. The van der Waals surface area contributed by atoms with Crippen molar-refractivity contribution in [3.63, 3.8) is 0 Å². The lowest BCUT2D eigenvalue weighted by molar-refractivity contribution is 0.0979. The van der Waals surface area contributed by atoms with Gasteiger partial charge in [0.05, 0.1) is 0 Å². The predicted octanol–water partition coefficient (Wildman–Crippen LogP) is 6.80. The van der Waals surface area contributed by atoms with Crippen LogP contribution in [0.5, 0.6) is 0 Å². The molecule has 2 aromatic carbocycles. The van der Waals surface area contributed by atoms with Gasteiger partial charge in [0.1, 0.15) is 5.82 Å². The minimum Gasteiger partial charge on any atom is -0.294 e. The van der Waals surface area contributed by atoms with E-state index in [0.717, 1.165) is 12.8 Å². The van der Waals surface area contributed by atoms with Crippen LogP contribution in [0, 0.1) is 5.82 Å². The van der Waals surface area contributed by atoms with Crippen LogP contribution in [0.1, 0.15) is 55.8 Å². The van der Waals surface area contributed by atoms with E-state index in [0.29, 0.717) is 27.6 Å². The van der Waals surface area contributed by atoms with Crippen molar-refractivity contribution in [3.05, 3.63) is 58.3 Å². The highest BCUT2D eigenvalue weighted by Crippen LogP contribution is 2.29. The zero-order valence-electron chi connectivity index (χ0n) is 13.4. The molecule has 0 bridgehead atoms. The summed E-state index contributed by atoms with van der Waals surface area (Å²) in [6, 6.07) is 12.2. The van der Waals surface area contributed by atoms with Crippen molar-refractivity contribution in [2.45, 2.75) is 45.4 Å². The summed E-state index contributed by atoms with van der Waals surface area (Å²) in [5.74, 6) is -0.220. The first-order valence-electron chi connectivity index (χ1n) is 8.21. The summed E-state index contributed by atoms with van der Waals surface area (Å²) in [5.41, 5.74) is 1.77. The van der Waals surface area contributed by atoms with Crippen LogP contribution in [-0.4, -0.2) is 5.78 Å². The molecule has 0 fully saturated rings. The van der Waals surface area contributed by atoms with Crippen molar-refractivity contribution >= 4 is 21.7 Å². The zero-order valence-corrected chi connectivity index (χ0v) is 15.0. The molecule has 23 heavy (non-hydrogen) atoms. The van der Waals surface area contributed by atoms with E-state index in [2.05, 4.69) is 22.9 Å². The molecule has 1 nitrogen and oxygen atoms in total. The van der Waals surface area contributed by atoms with Gasteiger partial charge in [-0.2, -0.15) is 0 Å². The van der Waals surface area contributed by atoms with Gasteiger partial charge in [-0.05, 0) is 24.1 Å². The Kier molecular flexibility index (Phi) is 6.97. The number of unbranched alkanes of at least 4 members (excludes halogenated alkanes) is 4. The van der Waals surface area contributed by atoms with E-state index >= 15 is 0 Å². The Balaban J connectivity index is 2.15. The third-order valence-electron chi connectivity index (χ3n) is 3.96. The van der Waals surface area contributed by atoms with E-state index in [1.54, 1.807) is 18.2 Å². The maximum absolute atomic E-state index is 14.2. The number of hydrogen-bond donors (Lipinski definition) is 0. The molecular weight excluding hydrogens is 355 g/mol. The van der Waals surface area contributed by atoms with Crippen molar-refractivity contribution in [3.8, 4) is 11.1 Å². The molecule has 0 aliphatic heterocycles. The third kappa shape index (κ3) is 5.00. The molecule has 0 N–H and O–H groups in total. The van der Waals surface area contributed by atoms with Crippen LogP contribution in [-0.2, 0) is 0 Å². The molecule has 0 heterocycles. The molecule has 122 valence electrons. The number of carbonyl (C=O) groups excluding carboxylic acids is 1. The lowest BCUT2D eigenvalue weighted by Crippen LogP contribution is -2.02. The largest absolute Gasteiger partial charge is 0.294 e. The summed E-state index contributed by atoms with van der Waals surface area (Å²) >= 11 is 3.26. The quantitative estimate of drug-likeness (QED) is 0.365. The first-order chi connectivity index (χ1) is 11.1. The number of rotatable bonds is 8. The van der Waals surface area contributed by atoms with Gasteiger partial charge >= 0.3 is 0 Å². The molecule has 0 aromatic heterocycles. The standard InChI is InChI=1S/C20H22BrFO/c1-2-3-4-5-6-11-20(23)18-10-8-7-9-16(18)17-13-12-15(21)14-19(17)22/h7-10,12-14H,2-6,11H2,1H3. The Hall–Kier alpha value is -1.48. The summed E-state index contributed by atoms with van der Waals surface area (Å²) in [6.45, 7) is 2.17. The summed E-state index contributed by atoms with van der Waals surface area (Å²) < 4.78 is 14.9. The first-order valence-corrected chi connectivity index (χ1v) is 9.00. The number of ketones is 1. The summed E-state index contributed by atoms with van der Waals surface area (Å²) in [5, 5.41) is 0. The number of Topliss-reactive ketones (excluding diaryl/α,β-unsaturated/α-hetero) is 1. The lowest BCUT2D eigenvalue weighted by atomic mass is 9.94. The zero-order chi connectivity index (χ0) is 16.7. The number of halogens is 2. The summed E-state index contributed by atoms with van der Waals surface area (Å²) in [6.07, 6.45) is 6.09. The van der Waals surface area contributed by atoms with Crippen LogP contribution >= 0.6 is 15.9 Å². The first kappa shape index (κ1) is 17.9. The second-order valence-electron chi connectivity index (χ2n) is 5.76. The second kappa shape index (κ2) is 8.97. The fourth-order valence-electron chi connectivity index (χ4n) is 2.69. The molecule has 0 amide bonds. The van der Waals surface area contributed by atoms with Gasteiger partial charge in [0, 0.05) is 22.0 Å². The molecule has 3 heteroatoms. The monoisotopic (exact) mass is 376 g/mol. The smallest absolute Gasteiger partial charge is 0.163 e. The topological polar surface area (TPSA) is 17.1 Å². The molecule has 0 atom stereocenters. The van der Waals surface area contributed by atoms with Gasteiger partial charge in [-0.3, -0.25) is 4.79 Å². The number of carbonyl (C=O) groups is 1. The Morgan fingerprint density at radius 3 is 2.48 bits per heavy atom. The maximum atomic E-state index is 14.2. The molecular formula is C20H22BrFO. The van der Waals surface area contributed by atoms with Crippen molar-refractivity contribution in [1.29, 1.82) is 0 Å². The van der Waals surface area contributed by atoms with Gasteiger partial charge in [0.25, 0.3) is 0 Å². The third-order valence-corrected chi connectivity index (χ3v) is 4.45. The fourth-order valence-corrected chi connectivity index (χ4v) is 3.03. The van der Waals surface area contributed by atoms with Gasteiger partial charge in [0.2, 0.25) is 0 Å². The van der Waals surface area contributed by atoms with E-state index in [-0.39, 0.29) is 11.6 Å². The van der Waals surface area contributed by atoms with E-state index in [1.165, 1.54) is 25.3 Å².